The van der Waals surface area contributed by atoms with Crippen LogP contribution in [0.3, 0.4) is 0 Å². The Labute approximate surface area is 74.4 Å². The van der Waals surface area contributed by atoms with Gasteiger partial charge in [0.15, 0.2) is 0 Å². The van der Waals surface area contributed by atoms with Gasteiger partial charge in [-0.3, -0.25) is 10.1 Å². The maximum absolute atomic E-state index is 10.1. The number of hydrogen-bond donors (Lipinski definition) is 2. The fraction of sp³-hybridized carbons (Fsp3) is 0. The number of aromatic hydroxyl groups is 1. The molecule has 0 saturated carbocycles. The van der Waals surface area contributed by atoms with Crippen LogP contribution in [0.2, 0.25) is 0 Å². The first-order valence-corrected chi connectivity index (χ1v) is 2.84. The van der Waals surface area contributed by atoms with Gasteiger partial charge in [0.05, 0.1) is 10.6 Å². The van der Waals surface area contributed by atoms with Crippen molar-refractivity contribution >= 4 is 23.8 Å². The van der Waals surface area contributed by atoms with Crippen molar-refractivity contribution in [3.05, 3.63) is 28.3 Å². The van der Waals surface area contributed by atoms with Crippen LogP contribution in [0.5, 0.6) is 5.75 Å². The molecular formula is C6H7ClN2O3. The number of benzene rings is 1. The number of non-ortho nitro benzene ring substituents is 1. The van der Waals surface area contributed by atoms with Crippen molar-refractivity contribution in [2.45, 2.75) is 0 Å². The van der Waals surface area contributed by atoms with Crippen LogP contribution in [-0.2, 0) is 0 Å². The third-order valence-corrected chi connectivity index (χ3v) is 1.22. The Kier molecular flexibility index (Phi) is 3.30. The minimum Gasteiger partial charge on any atom is -0.506 e. The molecule has 0 saturated heterocycles. The first-order chi connectivity index (χ1) is 5.11. The third kappa shape index (κ3) is 2.00. The summed E-state index contributed by atoms with van der Waals surface area (Å²) in [6.45, 7) is 0. The summed E-state index contributed by atoms with van der Waals surface area (Å²) in [5, 5.41) is 19.0. The number of nitrogens with two attached hydrogens (primary N) is 1. The number of rotatable bonds is 1. The summed E-state index contributed by atoms with van der Waals surface area (Å²) in [6.07, 6.45) is 0. The Hall–Kier alpha value is -1.49. The summed E-state index contributed by atoms with van der Waals surface area (Å²) in [5.74, 6) is -0.143. The molecule has 0 bridgehead atoms. The lowest BCUT2D eigenvalue weighted by Gasteiger charge is -1.96. The van der Waals surface area contributed by atoms with Crippen LogP contribution in [0, 0.1) is 10.1 Å². The summed E-state index contributed by atoms with van der Waals surface area (Å²) in [5.41, 5.74) is 5.09. The maximum atomic E-state index is 10.1. The molecule has 5 nitrogen and oxygen atoms in total. The lowest BCUT2D eigenvalue weighted by Crippen LogP contribution is -1.90. The third-order valence-electron chi connectivity index (χ3n) is 1.22. The summed E-state index contributed by atoms with van der Waals surface area (Å²) in [4.78, 5) is 9.56. The summed E-state index contributed by atoms with van der Waals surface area (Å²) < 4.78 is 0. The zero-order chi connectivity index (χ0) is 8.43. The number of phenols is 1. The highest BCUT2D eigenvalue weighted by Gasteiger charge is 2.06. The summed E-state index contributed by atoms with van der Waals surface area (Å²) in [6, 6.07) is 3.48. The highest BCUT2D eigenvalue weighted by atomic mass is 35.5. The number of halogens is 1. The molecule has 0 amide bonds. The summed E-state index contributed by atoms with van der Waals surface area (Å²) in [7, 11) is 0. The van der Waals surface area contributed by atoms with E-state index in [0.29, 0.717) is 0 Å². The molecule has 0 aliphatic rings. The van der Waals surface area contributed by atoms with Gasteiger partial charge in [0.1, 0.15) is 5.75 Å². The largest absolute Gasteiger partial charge is 0.506 e. The highest BCUT2D eigenvalue weighted by Crippen LogP contribution is 2.24. The van der Waals surface area contributed by atoms with Gasteiger partial charge in [0.2, 0.25) is 0 Å². The molecule has 0 spiro atoms. The molecule has 0 aliphatic heterocycles. The Morgan fingerprint density at radius 3 is 2.50 bits per heavy atom. The van der Waals surface area contributed by atoms with Gasteiger partial charge in [-0.2, -0.15) is 0 Å². The Morgan fingerprint density at radius 2 is 2.08 bits per heavy atom. The van der Waals surface area contributed by atoms with E-state index < -0.39 is 4.92 Å². The molecule has 1 aromatic rings. The van der Waals surface area contributed by atoms with E-state index >= 15 is 0 Å². The van der Waals surface area contributed by atoms with E-state index in [1.54, 1.807) is 0 Å². The quantitative estimate of drug-likeness (QED) is 0.302. The van der Waals surface area contributed by atoms with Gasteiger partial charge in [0, 0.05) is 12.1 Å². The van der Waals surface area contributed by atoms with E-state index in [4.69, 9.17) is 10.8 Å². The molecule has 0 atom stereocenters. The molecule has 6 heteroatoms. The molecule has 1 aromatic carbocycles. The van der Waals surface area contributed by atoms with Gasteiger partial charge in [-0.15, -0.1) is 12.4 Å². The van der Waals surface area contributed by atoms with Gasteiger partial charge in [0.25, 0.3) is 5.69 Å². The fourth-order valence-electron chi connectivity index (χ4n) is 0.655. The normalized spacial score (nSPS) is 8.67. The van der Waals surface area contributed by atoms with Gasteiger partial charge < -0.3 is 10.8 Å². The number of nitro benzene ring substituents is 1. The van der Waals surface area contributed by atoms with Crippen molar-refractivity contribution in [2.75, 3.05) is 5.73 Å². The Balaban J connectivity index is 0.00000121. The van der Waals surface area contributed by atoms with Gasteiger partial charge in [-0.25, -0.2) is 0 Å². The van der Waals surface area contributed by atoms with Crippen molar-refractivity contribution in [2.24, 2.45) is 0 Å². The van der Waals surface area contributed by atoms with E-state index in [9.17, 15) is 10.1 Å². The fourth-order valence-corrected chi connectivity index (χ4v) is 0.655. The number of anilines is 1. The second-order valence-electron chi connectivity index (χ2n) is 2.00. The standard InChI is InChI=1S/C6H6N2O3.ClH/c7-5-3-4(8(10)11)1-2-6(5)9;/h1-3,9H,7H2;1H. The van der Waals surface area contributed by atoms with Crippen LogP contribution in [0.15, 0.2) is 18.2 Å². The molecule has 0 aromatic heterocycles. The second kappa shape index (κ2) is 3.77. The lowest BCUT2D eigenvalue weighted by molar-refractivity contribution is -0.384. The zero-order valence-corrected chi connectivity index (χ0v) is 6.75. The number of nitro groups is 1. The van der Waals surface area contributed by atoms with Crippen molar-refractivity contribution in [1.29, 1.82) is 0 Å². The predicted molar refractivity (Wildman–Crippen MR) is 46.4 cm³/mol. The van der Waals surface area contributed by atoms with E-state index in [0.717, 1.165) is 6.07 Å². The minimum atomic E-state index is -0.574. The zero-order valence-electron chi connectivity index (χ0n) is 5.93. The number of phenolic OH excluding ortho intramolecular Hbond substituents is 1. The van der Waals surface area contributed by atoms with Crippen LogP contribution >= 0.6 is 12.4 Å². The van der Waals surface area contributed by atoms with Gasteiger partial charge in [-0.1, -0.05) is 0 Å². The molecule has 0 heterocycles. The summed E-state index contributed by atoms with van der Waals surface area (Å²) >= 11 is 0. The minimum absolute atomic E-state index is 0. The molecule has 0 unspecified atom stereocenters. The van der Waals surface area contributed by atoms with Crippen LogP contribution < -0.4 is 5.73 Å². The second-order valence-corrected chi connectivity index (χ2v) is 2.00. The van der Waals surface area contributed by atoms with E-state index in [1.807, 2.05) is 0 Å². The number of nitrogens with zero attached hydrogens (tertiary/aromatic N) is 1. The molecule has 0 fully saturated rings. The predicted octanol–water partition coefficient (Wildman–Crippen LogP) is 1.30. The van der Waals surface area contributed by atoms with Crippen LogP contribution in [0.4, 0.5) is 11.4 Å². The smallest absolute Gasteiger partial charge is 0.271 e. The SMILES string of the molecule is Cl.Nc1cc([N+](=O)[O-])ccc1O. The van der Waals surface area contributed by atoms with E-state index in [-0.39, 0.29) is 29.5 Å². The number of hydrogen-bond acceptors (Lipinski definition) is 4. The van der Waals surface area contributed by atoms with Crippen LogP contribution in [0.25, 0.3) is 0 Å². The maximum Gasteiger partial charge on any atom is 0.271 e. The topological polar surface area (TPSA) is 89.4 Å². The Bertz CT molecular complexity index is 303. The molecule has 12 heavy (non-hydrogen) atoms. The van der Waals surface area contributed by atoms with Gasteiger partial charge in [-0.05, 0) is 6.07 Å². The molecule has 1 rings (SSSR count). The molecule has 0 radical (unpaired) electrons. The van der Waals surface area contributed by atoms with Gasteiger partial charge >= 0.3 is 0 Å². The van der Waals surface area contributed by atoms with E-state index in [1.165, 1.54) is 12.1 Å². The molecular weight excluding hydrogens is 184 g/mol. The van der Waals surface area contributed by atoms with Crippen molar-refractivity contribution < 1.29 is 10.0 Å². The Morgan fingerprint density at radius 1 is 1.50 bits per heavy atom. The first-order valence-electron chi connectivity index (χ1n) is 2.84. The molecule has 66 valence electrons. The lowest BCUT2D eigenvalue weighted by atomic mass is 10.2. The number of nitrogen functional groups attached to an aromatic ring is 1. The average Bonchev–Trinajstić information content (AvgIpc) is 1.94. The first kappa shape index (κ1) is 10.5. The van der Waals surface area contributed by atoms with E-state index in [2.05, 4.69) is 0 Å². The highest BCUT2D eigenvalue weighted by molar-refractivity contribution is 5.85. The monoisotopic (exact) mass is 190 g/mol. The molecule has 3 N–H and O–H groups in total. The van der Waals surface area contributed by atoms with Crippen molar-refractivity contribution in [3.8, 4) is 5.75 Å². The van der Waals surface area contributed by atoms with Crippen LogP contribution in [0.1, 0.15) is 0 Å². The average molecular weight is 191 g/mol. The van der Waals surface area contributed by atoms with Crippen LogP contribution in [-0.4, -0.2) is 10.0 Å². The molecule has 0 aliphatic carbocycles. The van der Waals surface area contributed by atoms with Crippen molar-refractivity contribution in [1.82, 2.24) is 0 Å². The van der Waals surface area contributed by atoms with Crippen molar-refractivity contribution in [3.63, 3.8) is 0 Å².